The number of aromatic nitrogens is 1. The van der Waals surface area contributed by atoms with Crippen LogP contribution >= 0.6 is 0 Å². The van der Waals surface area contributed by atoms with E-state index in [2.05, 4.69) is 31.1 Å². The molecule has 0 aliphatic carbocycles. The number of carbonyl (C=O) groups is 1. The Kier molecular flexibility index (Phi) is 6.66. The fourth-order valence-electron chi connectivity index (χ4n) is 2.29. The number of unbranched alkanes of at least 4 members (excludes halogenated alkanes) is 2. The lowest BCUT2D eigenvalue weighted by molar-refractivity contribution is 0.0934. The summed E-state index contributed by atoms with van der Waals surface area (Å²) >= 11 is 0. The molecule has 0 saturated carbocycles. The molecule has 21 heavy (non-hydrogen) atoms. The maximum atomic E-state index is 12.2. The predicted molar refractivity (Wildman–Crippen MR) is 88.3 cm³/mol. The van der Waals surface area contributed by atoms with E-state index in [0.29, 0.717) is 17.9 Å². The molecule has 0 spiro atoms. The number of rotatable bonds is 8. The summed E-state index contributed by atoms with van der Waals surface area (Å²) in [6.45, 7) is 9.27. The topological polar surface area (TPSA) is 68.0 Å². The second-order valence-electron chi connectivity index (χ2n) is 6.43. The summed E-state index contributed by atoms with van der Waals surface area (Å²) < 4.78 is 0. The summed E-state index contributed by atoms with van der Waals surface area (Å²) in [6, 6.07) is 3.45. The van der Waals surface area contributed by atoms with Gasteiger partial charge in [-0.3, -0.25) is 4.79 Å². The molecule has 0 radical (unpaired) electrons. The van der Waals surface area contributed by atoms with Crippen LogP contribution in [0.4, 0.5) is 5.82 Å². The Morgan fingerprint density at radius 3 is 2.62 bits per heavy atom. The first-order valence-corrected chi connectivity index (χ1v) is 7.92. The monoisotopic (exact) mass is 291 g/mol. The Morgan fingerprint density at radius 2 is 2.00 bits per heavy atom. The minimum Gasteiger partial charge on any atom is -0.384 e. The highest BCUT2D eigenvalue weighted by Crippen LogP contribution is 2.22. The van der Waals surface area contributed by atoms with E-state index in [4.69, 9.17) is 5.73 Å². The molecule has 1 heterocycles. The summed E-state index contributed by atoms with van der Waals surface area (Å²) in [5.41, 5.74) is 7.32. The maximum Gasteiger partial charge on any atom is 0.251 e. The second kappa shape index (κ2) is 8.01. The van der Waals surface area contributed by atoms with Gasteiger partial charge in [0, 0.05) is 17.8 Å². The summed E-state index contributed by atoms with van der Waals surface area (Å²) in [5, 5.41) is 3.02. The molecule has 0 bridgehead atoms. The molecular formula is C17H29N3O. The molecule has 0 aromatic carbocycles. The van der Waals surface area contributed by atoms with E-state index < -0.39 is 0 Å². The van der Waals surface area contributed by atoms with Crippen LogP contribution in [0.5, 0.6) is 0 Å². The third-order valence-corrected chi connectivity index (χ3v) is 3.71. The first-order valence-electron chi connectivity index (χ1n) is 7.92. The fraction of sp³-hybridized carbons (Fsp3) is 0.647. The van der Waals surface area contributed by atoms with Gasteiger partial charge in [0.1, 0.15) is 5.82 Å². The van der Waals surface area contributed by atoms with Crippen molar-refractivity contribution in [1.29, 1.82) is 0 Å². The van der Waals surface area contributed by atoms with Crippen LogP contribution in [0, 0.1) is 5.41 Å². The van der Waals surface area contributed by atoms with Crippen LogP contribution in [-0.4, -0.2) is 17.4 Å². The van der Waals surface area contributed by atoms with Crippen LogP contribution in [0.3, 0.4) is 0 Å². The lowest BCUT2D eigenvalue weighted by Crippen LogP contribution is -2.34. The molecule has 0 unspecified atom stereocenters. The molecule has 4 nitrogen and oxygen atoms in total. The average molecular weight is 291 g/mol. The number of nitrogens with two attached hydrogens (primary N) is 1. The van der Waals surface area contributed by atoms with Crippen LogP contribution in [0.15, 0.2) is 12.1 Å². The third-order valence-electron chi connectivity index (χ3n) is 3.71. The number of hydrogen-bond acceptors (Lipinski definition) is 3. The Balaban J connectivity index is 2.59. The van der Waals surface area contributed by atoms with Gasteiger partial charge < -0.3 is 11.1 Å². The number of hydrogen-bond donors (Lipinski definition) is 2. The molecule has 4 heteroatoms. The van der Waals surface area contributed by atoms with E-state index >= 15 is 0 Å². The molecule has 3 N–H and O–H groups in total. The van der Waals surface area contributed by atoms with E-state index in [9.17, 15) is 4.79 Å². The summed E-state index contributed by atoms with van der Waals surface area (Å²) in [6.07, 6.45) is 5.58. The van der Waals surface area contributed by atoms with Crippen molar-refractivity contribution in [3.63, 3.8) is 0 Å². The minimum absolute atomic E-state index is 0.0673. The quantitative estimate of drug-likeness (QED) is 0.720. The lowest BCUT2D eigenvalue weighted by Gasteiger charge is -2.25. The maximum absolute atomic E-state index is 12.2. The molecule has 0 aliphatic rings. The molecule has 1 rings (SSSR count). The normalized spacial score (nSPS) is 11.4. The number of anilines is 1. The van der Waals surface area contributed by atoms with Crippen molar-refractivity contribution in [3.8, 4) is 0 Å². The number of nitrogens with zero attached hydrogens (tertiary/aromatic N) is 1. The number of amides is 1. The van der Waals surface area contributed by atoms with E-state index in [0.717, 1.165) is 18.5 Å². The van der Waals surface area contributed by atoms with Gasteiger partial charge in [-0.2, -0.15) is 0 Å². The highest BCUT2D eigenvalue weighted by molar-refractivity contribution is 5.94. The van der Waals surface area contributed by atoms with Crippen LogP contribution < -0.4 is 11.1 Å². The number of nitrogen functional groups attached to an aromatic ring is 1. The zero-order valence-corrected chi connectivity index (χ0v) is 13.8. The number of aryl methyl sites for hydroxylation is 1. The van der Waals surface area contributed by atoms with Crippen molar-refractivity contribution < 1.29 is 4.79 Å². The smallest absolute Gasteiger partial charge is 0.251 e. The van der Waals surface area contributed by atoms with Gasteiger partial charge in [0.05, 0.1) is 0 Å². The summed E-state index contributed by atoms with van der Waals surface area (Å²) in [4.78, 5) is 16.4. The molecule has 1 aromatic rings. The van der Waals surface area contributed by atoms with Gasteiger partial charge in [-0.05, 0) is 30.4 Å². The molecule has 1 aromatic heterocycles. The first kappa shape index (κ1) is 17.5. The zero-order valence-electron chi connectivity index (χ0n) is 13.8. The SMILES string of the molecule is CCCCCC(C)(C)CNC(=O)c1cc(N)nc(CC)c1. The summed E-state index contributed by atoms with van der Waals surface area (Å²) in [5.74, 6) is 0.337. The van der Waals surface area contributed by atoms with E-state index in [-0.39, 0.29) is 11.3 Å². The highest BCUT2D eigenvalue weighted by atomic mass is 16.1. The van der Waals surface area contributed by atoms with Gasteiger partial charge in [-0.25, -0.2) is 4.98 Å². The van der Waals surface area contributed by atoms with Gasteiger partial charge in [-0.15, -0.1) is 0 Å². The van der Waals surface area contributed by atoms with Crippen molar-refractivity contribution >= 4 is 11.7 Å². The average Bonchev–Trinajstić information content (AvgIpc) is 2.44. The number of carbonyl (C=O) groups excluding carboxylic acids is 1. The van der Waals surface area contributed by atoms with Crippen molar-refractivity contribution in [3.05, 3.63) is 23.4 Å². The van der Waals surface area contributed by atoms with Gasteiger partial charge in [0.2, 0.25) is 0 Å². The Morgan fingerprint density at radius 1 is 1.29 bits per heavy atom. The van der Waals surface area contributed by atoms with E-state index in [1.807, 2.05) is 13.0 Å². The van der Waals surface area contributed by atoms with Crippen molar-refractivity contribution in [2.45, 2.75) is 59.8 Å². The Hall–Kier alpha value is -1.58. The standard InChI is InChI=1S/C17H29N3O/c1-5-7-8-9-17(3,4)12-19-16(21)13-10-14(6-2)20-15(18)11-13/h10-11H,5-9,12H2,1-4H3,(H2,18,20)(H,19,21). The molecular weight excluding hydrogens is 262 g/mol. The second-order valence-corrected chi connectivity index (χ2v) is 6.43. The molecule has 1 amide bonds. The van der Waals surface area contributed by atoms with Crippen LogP contribution in [-0.2, 0) is 6.42 Å². The molecule has 0 fully saturated rings. The van der Waals surface area contributed by atoms with Gasteiger partial charge >= 0.3 is 0 Å². The lowest BCUT2D eigenvalue weighted by atomic mass is 9.87. The van der Waals surface area contributed by atoms with Crippen LogP contribution in [0.1, 0.15) is 69.4 Å². The molecule has 0 saturated heterocycles. The van der Waals surface area contributed by atoms with Gasteiger partial charge in [0.25, 0.3) is 5.91 Å². The minimum atomic E-state index is -0.0673. The largest absolute Gasteiger partial charge is 0.384 e. The number of pyridine rings is 1. The van der Waals surface area contributed by atoms with Crippen LogP contribution in [0.2, 0.25) is 0 Å². The van der Waals surface area contributed by atoms with Gasteiger partial charge in [0.15, 0.2) is 0 Å². The van der Waals surface area contributed by atoms with Gasteiger partial charge in [-0.1, -0.05) is 47.0 Å². The molecule has 118 valence electrons. The first-order chi connectivity index (χ1) is 9.88. The zero-order chi connectivity index (χ0) is 15.9. The Labute approximate surface area is 128 Å². The van der Waals surface area contributed by atoms with Crippen molar-refractivity contribution in [1.82, 2.24) is 10.3 Å². The highest BCUT2D eigenvalue weighted by Gasteiger charge is 2.19. The summed E-state index contributed by atoms with van der Waals surface area (Å²) in [7, 11) is 0. The molecule has 0 atom stereocenters. The number of nitrogens with one attached hydrogen (secondary N) is 1. The molecule has 0 aliphatic heterocycles. The van der Waals surface area contributed by atoms with Crippen molar-refractivity contribution in [2.75, 3.05) is 12.3 Å². The van der Waals surface area contributed by atoms with E-state index in [1.54, 1.807) is 6.07 Å². The predicted octanol–water partition coefficient (Wildman–Crippen LogP) is 3.56. The van der Waals surface area contributed by atoms with E-state index in [1.165, 1.54) is 19.3 Å². The Bertz CT molecular complexity index is 469. The van der Waals surface area contributed by atoms with Crippen LogP contribution in [0.25, 0.3) is 0 Å². The van der Waals surface area contributed by atoms with Crippen molar-refractivity contribution in [2.24, 2.45) is 5.41 Å². The third kappa shape index (κ3) is 6.15. The fourth-order valence-corrected chi connectivity index (χ4v) is 2.29.